The Balaban J connectivity index is 2.01. The van der Waals surface area contributed by atoms with E-state index in [0.717, 1.165) is 31.2 Å². The van der Waals surface area contributed by atoms with Crippen molar-refractivity contribution in [3.8, 4) is 5.75 Å². The van der Waals surface area contributed by atoms with Crippen LogP contribution in [0.1, 0.15) is 30.9 Å². The van der Waals surface area contributed by atoms with Gasteiger partial charge < -0.3 is 5.11 Å². The summed E-state index contributed by atoms with van der Waals surface area (Å²) in [4.78, 5) is 0. The number of phenols is 1. The summed E-state index contributed by atoms with van der Waals surface area (Å²) in [7, 11) is -3.48. The molecule has 1 aliphatic heterocycles. The van der Waals surface area contributed by atoms with Gasteiger partial charge in [0.05, 0.1) is 5.69 Å². The number of aromatic hydroxyl groups is 1. The quantitative estimate of drug-likeness (QED) is 0.870. The highest BCUT2D eigenvalue weighted by Crippen LogP contribution is 2.37. The standard InChI is InChI=1S/C14H20N2O3S/c1-2-10-3-4-11-9-14(17)13(8-12(11)7-10)16-6-5-15-20(16,18)19/h8-10,15,17H,2-7H2,1H3. The SMILES string of the molecule is CCC1CCc2cc(O)c(N3CCNS3(=O)=O)cc2C1. The second kappa shape index (κ2) is 4.93. The van der Waals surface area contributed by atoms with Gasteiger partial charge in [-0.1, -0.05) is 13.3 Å². The van der Waals surface area contributed by atoms with Crippen molar-refractivity contribution in [2.75, 3.05) is 17.4 Å². The molecule has 0 aromatic heterocycles. The van der Waals surface area contributed by atoms with Gasteiger partial charge in [0.15, 0.2) is 0 Å². The number of nitrogens with zero attached hydrogens (tertiary/aromatic N) is 1. The maximum atomic E-state index is 11.9. The number of hydrogen-bond acceptors (Lipinski definition) is 3. The van der Waals surface area contributed by atoms with E-state index in [1.165, 1.54) is 9.87 Å². The number of hydrogen-bond donors (Lipinski definition) is 2. The smallest absolute Gasteiger partial charge is 0.301 e. The lowest BCUT2D eigenvalue weighted by molar-refractivity contribution is 0.439. The molecule has 0 spiro atoms. The monoisotopic (exact) mass is 296 g/mol. The molecule has 110 valence electrons. The van der Waals surface area contributed by atoms with Crippen LogP contribution in [0.15, 0.2) is 12.1 Å². The third kappa shape index (κ3) is 2.27. The third-order valence-electron chi connectivity index (χ3n) is 4.36. The van der Waals surface area contributed by atoms with Crippen molar-refractivity contribution < 1.29 is 13.5 Å². The van der Waals surface area contributed by atoms with E-state index < -0.39 is 10.2 Å². The molecule has 3 rings (SSSR count). The highest BCUT2D eigenvalue weighted by molar-refractivity contribution is 7.91. The molecule has 1 saturated heterocycles. The minimum atomic E-state index is -3.48. The summed E-state index contributed by atoms with van der Waals surface area (Å²) >= 11 is 0. The van der Waals surface area contributed by atoms with Gasteiger partial charge in [-0.05, 0) is 48.4 Å². The molecule has 0 amide bonds. The van der Waals surface area contributed by atoms with Gasteiger partial charge in [0.1, 0.15) is 5.75 Å². The van der Waals surface area contributed by atoms with Gasteiger partial charge in [-0.15, -0.1) is 0 Å². The zero-order valence-corrected chi connectivity index (χ0v) is 12.4. The molecule has 1 aromatic rings. The Morgan fingerprint density at radius 2 is 2.20 bits per heavy atom. The average Bonchev–Trinajstić information content (AvgIpc) is 2.77. The Morgan fingerprint density at radius 3 is 2.85 bits per heavy atom. The van der Waals surface area contributed by atoms with E-state index >= 15 is 0 Å². The second-order valence-corrected chi connectivity index (χ2v) is 7.28. The molecule has 2 N–H and O–H groups in total. The number of phenolic OH excluding ortho intramolecular Hbond substituents is 1. The minimum absolute atomic E-state index is 0.0611. The fourth-order valence-corrected chi connectivity index (χ4v) is 4.37. The molecule has 6 heteroatoms. The molecule has 0 radical (unpaired) electrons. The summed E-state index contributed by atoms with van der Waals surface area (Å²) in [6, 6.07) is 3.60. The maximum absolute atomic E-state index is 11.9. The highest BCUT2D eigenvalue weighted by atomic mass is 32.2. The first-order valence-electron chi connectivity index (χ1n) is 7.13. The zero-order chi connectivity index (χ0) is 14.3. The van der Waals surface area contributed by atoms with Gasteiger partial charge in [0.25, 0.3) is 0 Å². The lowest BCUT2D eigenvalue weighted by atomic mass is 9.82. The van der Waals surface area contributed by atoms with Crippen molar-refractivity contribution in [3.05, 3.63) is 23.3 Å². The number of benzene rings is 1. The predicted octanol–water partition coefficient (Wildman–Crippen LogP) is 1.56. The number of rotatable bonds is 2. The van der Waals surface area contributed by atoms with Gasteiger partial charge >= 0.3 is 10.2 Å². The summed E-state index contributed by atoms with van der Waals surface area (Å²) < 4.78 is 27.5. The van der Waals surface area contributed by atoms with Crippen LogP contribution >= 0.6 is 0 Å². The van der Waals surface area contributed by atoms with Gasteiger partial charge in [-0.25, -0.2) is 0 Å². The first-order chi connectivity index (χ1) is 9.51. The number of fused-ring (bicyclic) bond motifs is 1. The third-order valence-corrected chi connectivity index (χ3v) is 5.89. The Bertz CT molecular complexity index is 628. The molecule has 20 heavy (non-hydrogen) atoms. The topological polar surface area (TPSA) is 69.6 Å². The molecule has 1 atom stereocenters. The van der Waals surface area contributed by atoms with Crippen molar-refractivity contribution in [2.24, 2.45) is 5.92 Å². The van der Waals surface area contributed by atoms with Crippen LogP contribution in [-0.2, 0) is 23.1 Å². The van der Waals surface area contributed by atoms with Gasteiger partial charge in [0.2, 0.25) is 0 Å². The Kier molecular flexibility index (Phi) is 3.38. The number of anilines is 1. The lowest BCUT2D eigenvalue weighted by Crippen LogP contribution is -2.29. The van der Waals surface area contributed by atoms with Crippen LogP contribution < -0.4 is 9.03 Å². The Morgan fingerprint density at radius 1 is 1.40 bits per heavy atom. The van der Waals surface area contributed by atoms with Crippen molar-refractivity contribution in [1.82, 2.24) is 4.72 Å². The maximum Gasteiger partial charge on any atom is 0.301 e. The first kappa shape index (κ1) is 13.7. The summed E-state index contributed by atoms with van der Waals surface area (Å²) in [5.41, 5.74) is 2.74. The fourth-order valence-electron chi connectivity index (χ4n) is 3.13. The molecular formula is C14H20N2O3S. The van der Waals surface area contributed by atoms with Crippen LogP contribution in [-0.4, -0.2) is 26.6 Å². The zero-order valence-electron chi connectivity index (χ0n) is 11.6. The molecule has 1 unspecified atom stereocenters. The van der Waals surface area contributed by atoms with Crippen LogP contribution in [0.3, 0.4) is 0 Å². The van der Waals surface area contributed by atoms with Crippen molar-refractivity contribution in [2.45, 2.75) is 32.6 Å². The van der Waals surface area contributed by atoms with E-state index in [4.69, 9.17) is 0 Å². The van der Waals surface area contributed by atoms with Crippen LogP contribution in [0, 0.1) is 5.92 Å². The van der Waals surface area contributed by atoms with Crippen molar-refractivity contribution >= 4 is 15.9 Å². The predicted molar refractivity (Wildman–Crippen MR) is 78.2 cm³/mol. The summed E-state index contributed by atoms with van der Waals surface area (Å²) in [5.74, 6) is 0.721. The second-order valence-electron chi connectivity index (χ2n) is 5.60. The molecule has 1 heterocycles. The molecule has 1 aromatic carbocycles. The average molecular weight is 296 g/mol. The molecule has 0 bridgehead atoms. The van der Waals surface area contributed by atoms with Gasteiger partial charge in [-0.3, -0.25) is 4.31 Å². The van der Waals surface area contributed by atoms with Crippen LogP contribution in [0.5, 0.6) is 5.75 Å². The summed E-state index contributed by atoms with van der Waals surface area (Å²) in [6.07, 6.45) is 4.22. The van der Waals surface area contributed by atoms with Crippen LogP contribution in [0.25, 0.3) is 0 Å². The van der Waals surface area contributed by atoms with E-state index in [9.17, 15) is 13.5 Å². The normalized spacial score (nSPS) is 24.6. The highest BCUT2D eigenvalue weighted by Gasteiger charge is 2.31. The number of nitrogens with one attached hydrogen (secondary N) is 1. The van der Waals surface area contributed by atoms with E-state index in [1.807, 2.05) is 6.07 Å². The van der Waals surface area contributed by atoms with E-state index in [1.54, 1.807) is 6.07 Å². The number of aryl methyl sites for hydroxylation is 1. The van der Waals surface area contributed by atoms with Gasteiger partial charge in [0, 0.05) is 13.1 Å². The fraction of sp³-hybridized carbons (Fsp3) is 0.571. The molecule has 2 aliphatic rings. The van der Waals surface area contributed by atoms with Crippen LogP contribution in [0.2, 0.25) is 0 Å². The van der Waals surface area contributed by atoms with Crippen molar-refractivity contribution in [1.29, 1.82) is 0 Å². The molecule has 5 nitrogen and oxygen atoms in total. The minimum Gasteiger partial charge on any atom is -0.506 e. The first-order valence-corrected chi connectivity index (χ1v) is 8.57. The van der Waals surface area contributed by atoms with Gasteiger partial charge in [-0.2, -0.15) is 13.1 Å². The molecule has 1 aliphatic carbocycles. The Labute approximate surface area is 119 Å². The summed E-state index contributed by atoms with van der Waals surface area (Å²) in [5, 5.41) is 10.1. The largest absolute Gasteiger partial charge is 0.506 e. The summed E-state index contributed by atoms with van der Waals surface area (Å²) in [6.45, 7) is 2.94. The Hall–Kier alpha value is -1.27. The van der Waals surface area contributed by atoms with E-state index in [-0.39, 0.29) is 5.75 Å². The lowest BCUT2D eigenvalue weighted by Gasteiger charge is -2.26. The molecular weight excluding hydrogens is 276 g/mol. The van der Waals surface area contributed by atoms with Crippen molar-refractivity contribution in [3.63, 3.8) is 0 Å². The van der Waals surface area contributed by atoms with E-state index in [2.05, 4.69) is 11.6 Å². The molecule has 1 fully saturated rings. The molecule has 0 saturated carbocycles. The van der Waals surface area contributed by atoms with Crippen LogP contribution in [0.4, 0.5) is 5.69 Å². The van der Waals surface area contributed by atoms with E-state index in [0.29, 0.717) is 24.7 Å².